The van der Waals surface area contributed by atoms with E-state index < -0.39 is 22.4 Å². The van der Waals surface area contributed by atoms with Crippen molar-refractivity contribution in [1.29, 1.82) is 5.41 Å². The lowest BCUT2D eigenvalue weighted by Gasteiger charge is -2.37. The largest absolute Gasteiger partial charge is 0.375 e. The van der Waals surface area contributed by atoms with Crippen LogP contribution in [-0.4, -0.2) is 54.4 Å². The third-order valence-electron chi connectivity index (χ3n) is 4.83. The van der Waals surface area contributed by atoms with E-state index in [2.05, 4.69) is 5.10 Å². The summed E-state index contributed by atoms with van der Waals surface area (Å²) < 4.78 is 33.5. The summed E-state index contributed by atoms with van der Waals surface area (Å²) in [5.74, 6) is -2.07. The second-order valence-corrected chi connectivity index (χ2v) is 8.11. The molecule has 0 aromatic heterocycles. The Balaban J connectivity index is 0.00000199. The first kappa shape index (κ1) is 27.2. The molecule has 184 valence electrons. The summed E-state index contributed by atoms with van der Waals surface area (Å²) in [6.45, 7) is 3.86. The number of guanidine groups is 1. The van der Waals surface area contributed by atoms with Gasteiger partial charge in [-0.25, -0.2) is 18.9 Å². The van der Waals surface area contributed by atoms with Gasteiger partial charge in [-0.15, -0.1) is 0 Å². The van der Waals surface area contributed by atoms with Gasteiger partial charge in [0.05, 0.1) is 13.7 Å². The van der Waals surface area contributed by atoms with Crippen LogP contribution in [0.4, 0.5) is 8.78 Å². The maximum atomic E-state index is 14.6. The number of ether oxygens (including phenoxy) is 1. The number of nitrogens with two attached hydrogens (primary N) is 1. The number of hydrogen-bond acceptors (Lipinski definition) is 6. The highest BCUT2D eigenvalue weighted by Crippen LogP contribution is 2.50. The first-order valence-electron chi connectivity index (χ1n) is 10.6. The minimum Gasteiger partial charge on any atom is -0.375 e. The number of hydroxylamine groups is 2. The van der Waals surface area contributed by atoms with E-state index in [-0.39, 0.29) is 36.1 Å². The lowest BCUT2D eigenvalue weighted by molar-refractivity contribution is -0.139. The zero-order chi connectivity index (χ0) is 25.3. The van der Waals surface area contributed by atoms with Crippen LogP contribution in [0.25, 0.3) is 0 Å². The van der Waals surface area contributed by atoms with Gasteiger partial charge in [0.25, 0.3) is 5.91 Å². The van der Waals surface area contributed by atoms with Crippen molar-refractivity contribution in [2.45, 2.75) is 25.1 Å². The number of hydrogen-bond donors (Lipinski definition) is 2. The summed E-state index contributed by atoms with van der Waals surface area (Å²) in [6, 6.07) is 12.1. The number of carbonyl (C=O) groups is 1. The third kappa shape index (κ3) is 5.91. The summed E-state index contributed by atoms with van der Waals surface area (Å²) in [5, 5.41) is 14.6. The molecule has 3 N–H and O–H groups in total. The number of halogens is 2. The van der Waals surface area contributed by atoms with Crippen LogP contribution < -0.4 is 5.73 Å². The summed E-state index contributed by atoms with van der Waals surface area (Å²) in [5.41, 5.74) is 6.21. The normalized spacial score (nSPS) is 17.0. The number of hydrazone groups is 1. The molecule has 3 rings (SSSR count). The van der Waals surface area contributed by atoms with Crippen molar-refractivity contribution in [2.24, 2.45) is 10.8 Å². The quantitative estimate of drug-likeness (QED) is 0.329. The van der Waals surface area contributed by atoms with E-state index in [9.17, 15) is 13.6 Å². The Kier molecular flexibility index (Phi) is 9.97. The summed E-state index contributed by atoms with van der Waals surface area (Å²) >= 11 is 1.11. The molecule has 0 saturated heterocycles. The monoisotopic (exact) mass is 493 g/mol. The molecule has 0 bridgehead atoms. The van der Waals surface area contributed by atoms with Crippen molar-refractivity contribution in [3.63, 3.8) is 0 Å². The predicted octanol–water partition coefficient (Wildman–Crippen LogP) is 3.87. The number of nitrogens with zero attached hydrogens (tertiary/aromatic N) is 3. The molecular formula is C23H29F2N5O3S. The smallest absolute Gasteiger partial charge is 0.270 e. The van der Waals surface area contributed by atoms with E-state index >= 15 is 0 Å². The van der Waals surface area contributed by atoms with E-state index in [0.29, 0.717) is 5.56 Å². The molecule has 1 atom stereocenters. The number of thioether (sulfide) groups is 1. The maximum absolute atomic E-state index is 14.6. The van der Waals surface area contributed by atoms with Gasteiger partial charge < -0.3 is 10.5 Å². The lowest BCUT2D eigenvalue weighted by atomic mass is 10.0. The van der Waals surface area contributed by atoms with Crippen LogP contribution in [-0.2, 0) is 19.2 Å². The second-order valence-electron chi connectivity index (χ2n) is 6.84. The van der Waals surface area contributed by atoms with Crippen molar-refractivity contribution in [3.05, 3.63) is 71.3 Å². The molecule has 0 spiro atoms. The number of nitrogens with one attached hydrogen (secondary N) is 1. The molecule has 0 radical (unpaired) electrons. The van der Waals surface area contributed by atoms with Gasteiger partial charge in [-0.1, -0.05) is 55.9 Å². The zero-order valence-electron chi connectivity index (χ0n) is 19.5. The molecule has 2 aromatic carbocycles. The standard InChI is InChI=1S/C21H23F2N5O3S.C2H6/c1-30-13-18(29)28-21(14-6-4-3-5-7-14,10-11-27(31-2)20(24)25)32-19(26-28)16-12-15(22)8-9-17(16)23;1-2/h3-9,12H,10-11,13H2,1-2H3,(H3,24,25);1-2H3. The molecule has 0 saturated carbocycles. The SMILES string of the molecule is CC.COCC(=O)N1N=C(c2cc(F)ccc2F)SC1(CCN(OC)C(=N)N)c1ccccc1. The van der Waals surface area contributed by atoms with Gasteiger partial charge in [0.1, 0.15) is 28.2 Å². The van der Waals surface area contributed by atoms with Crippen LogP contribution >= 0.6 is 11.8 Å². The molecule has 1 heterocycles. The molecule has 34 heavy (non-hydrogen) atoms. The van der Waals surface area contributed by atoms with E-state index in [1.807, 2.05) is 32.0 Å². The van der Waals surface area contributed by atoms with Crippen LogP contribution in [0, 0.1) is 17.0 Å². The number of methoxy groups -OCH3 is 1. The van der Waals surface area contributed by atoms with Gasteiger partial charge in [0.2, 0.25) is 5.96 Å². The number of benzene rings is 2. The van der Waals surface area contributed by atoms with Crippen LogP contribution in [0.2, 0.25) is 0 Å². The topological polar surface area (TPSA) is 104 Å². The van der Waals surface area contributed by atoms with Crippen LogP contribution in [0.3, 0.4) is 0 Å². The highest BCUT2D eigenvalue weighted by molar-refractivity contribution is 8.15. The van der Waals surface area contributed by atoms with Crippen molar-refractivity contribution in [2.75, 3.05) is 27.4 Å². The van der Waals surface area contributed by atoms with Gasteiger partial charge in [-0.2, -0.15) is 5.10 Å². The average Bonchev–Trinajstić information content (AvgIpc) is 3.23. The molecule has 1 aliphatic rings. The average molecular weight is 494 g/mol. The second kappa shape index (κ2) is 12.4. The van der Waals surface area contributed by atoms with Gasteiger partial charge in [0, 0.05) is 19.1 Å². The Labute approximate surface area is 202 Å². The maximum Gasteiger partial charge on any atom is 0.270 e. The summed E-state index contributed by atoms with van der Waals surface area (Å²) in [4.78, 5) is 17.0. The van der Waals surface area contributed by atoms with Crippen LogP contribution in [0.1, 0.15) is 31.4 Å². The Bertz CT molecular complexity index is 1020. The molecule has 0 aliphatic carbocycles. The van der Waals surface area contributed by atoms with E-state index in [4.69, 9.17) is 20.7 Å². The Morgan fingerprint density at radius 2 is 1.88 bits per heavy atom. The lowest BCUT2D eigenvalue weighted by Crippen LogP contribution is -2.46. The van der Waals surface area contributed by atoms with Crippen LogP contribution in [0.15, 0.2) is 53.6 Å². The first-order chi connectivity index (χ1) is 16.3. The highest BCUT2D eigenvalue weighted by Gasteiger charge is 2.49. The molecule has 0 fully saturated rings. The van der Waals surface area contributed by atoms with E-state index in [1.165, 1.54) is 19.2 Å². The highest BCUT2D eigenvalue weighted by atomic mass is 32.2. The first-order valence-corrected chi connectivity index (χ1v) is 11.4. The fraction of sp³-hybridized carbons (Fsp3) is 0.348. The Hall–Kier alpha value is -3.02. The molecule has 8 nitrogen and oxygen atoms in total. The molecule has 2 aromatic rings. The number of amides is 1. The molecule has 1 amide bonds. The molecule has 1 unspecified atom stereocenters. The van der Waals surface area contributed by atoms with Gasteiger partial charge >= 0.3 is 0 Å². The van der Waals surface area contributed by atoms with Crippen molar-refractivity contribution < 1.29 is 23.1 Å². The fourth-order valence-corrected chi connectivity index (χ4v) is 4.74. The predicted molar refractivity (Wildman–Crippen MR) is 129 cm³/mol. The Morgan fingerprint density at radius 1 is 1.21 bits per heavy atom. The van der Waals surface area contributed by atoms with Crippen molar-refractivity contribution in [1.82, 2.24) is 10.1 Å². The number of rotatable bonds is 8. The molecule has 11 heteroatoms. The van der Waals surface area contributed by atoms with Crippen molar-refractivity contribution >= 4 is 28.7 Å². The van der Waals surface area contributed by atoms with Crippen LogP contribution in [0.5, 0.6) is 0 Å². The minimum atomic E-state index is -1.14. The van der Waals surface area contributed by atoms with Gasteiger partial charge in [-0.3, -0.25) is 15.0 Å². The molecule has 1 aliphatic heterocycles. The molecular weight excluding hydrogens is 464 g/mol. The van der Waals surface area contributed by atoms with Gasteiger partial charge in [-0.05, 0) is 23.8 Å². The van der Waals surface area contributed by atoms with Gasteiger partial charge in [0.15, 0.2) is 0 Å². The fourth-order valence-electron chi connectivity index (χ4n) is 3.35. The number of carbonyl (C=O) groups excluding carboxylic acids is 1. The van der Waals surface area contributed by atoms with E-state index in [1.54, 1.807) is 12.1 Å². The Morgan fingerprint density at radius 3 is 2.47 bits per heavy atom. The summed E-state index contributed by atoms with van der Waals surface area (Å²) in [6.07, 6.45) is 0.203. The summed E-state index contributed by atoms with van der Waals surface area (Å²) in [7, 11) is 2.75. The zero-order valence-corrected chi connectivity index (χ0v) is 20.4. The minimum absolute atomic E-state index is 0.0572. The van der Waals surface area contributed by atoms with E-state index in [0.717, 1.165) is 35.0 Å². The van der Waals surface area contributed by atoms with Crippen molar-refractivity contribution in [3.8, 4) is 0 Å². The third-order valence-corrected chi connectivity index (χ3v) is 6.27.